The maximum absolute atomic E-state index is 13.1. The zero-order valence-electron chi connectivity index (χ0n) is 18.1. The first-order valence-corrected chi connectivity index (χ1v) is 10.8. The van der Waals surface area contributed by atoms with Crippen LogP contribution < -0.4 is 11.0 Å². The summed E-state index contributed by atoms with van der Waals surface area (Å²) in [4.78, 5) is 39.6. The molecule has 0 unspecified atom stereocenters. The summed E-state index contributed by atoms with van der Waals surface area (Å²) in [6.07, 6.45) is 5.56. The molecule has 0 amide bonds. The molecule has 1 aliphatic heterocycles. The number of aromatic nitrogens is 3. The number of nitrogens with zero attached hydrogens (tertiary/aromatic N) is 3. The molecule has 0 bridgehead atoms. The molecule has 5 rings (SSSR count). The topological polar surface area (TPSA) is 92.1 Å². The van der Waals surface area contributed by atoms with Gasteiger partial charge in [0.05, 0.1) is 22.9 Å². The first-order valence-electron chi connectivity index (χ1n) is 10.8. The summed E-state index contributed by atoms with van der Waals surface area (Å²) < 4.78 is 5.74. The van der Waals surface area contributed by atoms with Crippen LogP contribution in [0.25, 0.3) is 22.4 Å². The van der Waals surface area contributed by atoms with E-state index in [9.17, 15) is 9.59 Å². The molecule has 1 aliphatic rings. The minimum Gasteiger partial charge on any atom is -0.464 e. The standard InChI is InChI=1S/C25H24N4O3/c1-15(2)16-5-6-22-19(10-16)23(30)18(14-32-22)12-29-9-7-21-20(13-29)25(31)28-24(27-21)17-4-3-8-26-11-17/h3-6,8,10-11,14-15H,7,9,12-13H2,1-2H3,(H,27,28,31). The van der Waals surface area contributed by atoms with Gasteiger partial charge in [-0.25, -0.2) is 4.98 Å². The molecule has 32 heavy (non-hydrogen) atoms. The number of H-pyrrole nitrogens is 1. The lowest BCUT2D eigenvalue weighted by atomic mass is 10.0. The van der Waals surface area contributed by atoms with Crippen LogP contribution >= 0.6 is 0 Å². The molecule has 0 saturated heterocycles. The molecule has 7 nitrogen and oxygen atoms in total. The Labute approximate surface area is 184 Å². The second kappa shape index (κ2) is 8.16. The van der Waals surface area contributed by atoms with Gasteiger partial charge in [0.1, 0.15) is 11.4 Å². The van der Waals surface area contributed by atoms with Crippen molar-refractivity contribution in [2.24, 2.45) is 0 Å². The maximum Gasteiger partial charge on any atom is 0.255 e. The zero-order chi connectivity index (χ0) is 22.2. The number of nitrogens with one attached hydrogen (secondary N) is 1. The van der Waals surface area contributed by atoms with E-state index in [4.69, 9.17) is 4.42 Å². The lowest BCUT2D eigenvalue weighted by molar-refractivity contribution is 0.239. The average molecular weight is 428 g/mol. The Morgan fingerprint density at radius 2 is 2.09 bits per heavy atom. The number of aromatic amines is 1. The van der Waals surface area contributed by atoms with Crippen molar-refractivity contribution in [1.29, 1.82) is 0 Å². The second-order valence-electron chi connectivity index (χ2n) is 8.54. The van der Waals surface area contributed by atoms with Crippen LogP contribution in [-0.4, -0.2) is 26.4 Å². The Morgan fingerprint density at radius 1 is 1.22 bits per heavy atom. The highest BCUT2D eigenvalue weighted by atomic mass is 16.3. The molecule has 4 heterocycles. The van der Waals surface area contributed by atoms with Gasteiger partial charge in [-0.1, -0.05) is 19.9 Å². The molecule has 0 saturated carbocycles. The van der Waals surface area contributed by atoms with E-state index in [0.717, 1.165) is 16.8 Å². The van der Waals surface area contributed by atoms with Crippen LogP contribution in [0.4, 0.5) is 0 Å². The highest BCUT2D eigenvalue weighted by Crippen LogP contribution is 2.22. The molecule has 0 spiro atoms. The van der Waals surface area contributed by atoms with Gasteiger partial charge in [-0.3, -0.25) is 19.5 Å². The quantitative estimate of drug-likeness (QED) is 0.534. The van der Waals surface area contributed by atoms with Crippen LogP contribution in [0.2, 0.25) is 0 Å². The monoisotopic (exact) mass is 428 g/mol. The Balaban J connectivity index is 1.42. The summed E-state index contributed by atoms with van der Waals surface area (Å²) in [5, 5.41) is 0.603. The van der Waals surface area contributed by atoms with Crippen molar-refractivity contribution < 1.29 is 4.42 Å². The zero-order valence-corrected chi connectivity index (χ0v) is 18.1. The lowest BCUT2D eigenvalue weighted by Gasteiger charge is -2.27. The van der Waals surface area contributed by atoms with Crippen molar-refractivity contribution in [3.8, 4) is 11.4 Å². The van der Waals surface area contributed by atoms with Crippen molar-refractivity contribution in [3.05, 3.63) is 92.0 Å². The predicted molar refractivity (Wildman–Crippen MR) is 122 cm³/mol. The Hall–Kier alpha value is -3.58. The minimum absolute atomic E-state index is 0.0153. The van der Waals surface area contributed by atoms with Gasteiger partial charge in [-0.15, -0.1) is 0 Å². The van der Waals surface area contributed by atoms with Gasteiger partial charge in [0.2, 0.25) is 0 Å². The molecule has 0 atom stereocenters. The van der Waals surface area contributed by atoms with Crippen LogP contribution in [0.1, 0.15) is 42.1 Å². The molecule has 0 radical (unpaired) electrons. The molecular weight excluding hydrogens is 404 g/mol. The van der Waals surface area contributed by atoms with Crippen LogP contribution in [0.15, 0.2) is 63.0 Å². The summed E-state index contributed by atoms with van der Waals surface area (Å²) >= 11 is 0. The third-order valence-corrected chi connectivity index (χ3v) is 6.01. The van der Waals surface area contributed by atoms with E-state index in [-0.39, 0.29) is 11.0 Å². The Morgan fingerprint density at radius 3 is 2.88 bits per heavy atom. The van der Waals surface area contributed by atoms with Crippen molar-refractivity contribution in [3.63, 3.8) is 0 Å². The highest BCUT2D eigenvalue weighted by molar-refractivity contribution is 5.77. The Bertz CT molecular complexity index is 1410. The summed E-state index contributed by atoms with van der Waals surface area (Å²) in [7, 11) is 0. The van der Waals surface area contributed by atoms with Crippen LogP contribution in [0.5, 0.6) is 0 Å². The molecule has 1 aromatic carbocycles. The SMILES string of the molecule is CC(C)c1ccc2occ(CN3CCc4nc(-c5cccnc5)[nH]c(=O)c4C3)c(=O)c2c1. The largest absolute Gasteiger partial charge is 0.464 e. The molecule has 3 aromatic heterocycles. The lowest BCUT2D eigenvalue weighted by Crippen LogP contribution is -2.36. The third-order valence-electron chi connectivity index (χ3n) is 6.01. The van der Waals surface area contributed by atoms with Gasteiger partial charge in [-0.2, -0.15) is 0 Å². The van der Waals surface area contributed by atoms with Gasteiger partial charge >= 0.3 is 0 Å². The van der Waals surface area contributed by atoms with E-state index in [0.29, 0.717) is 59.9 Å². The normalized spacial score (nSPS) is 14.1. The van der Waals surface area contributed by atoms with E-state index >= 15 is 0 Å². The van der Waals surface area contributed by atoms with Crippen molar-refractivity contribution in [2.45, 2.75) is 39.3 Å². The first kappa shape index (κ1) is 20.3. The van der Waals surface area contributed by atoms with Crippen LogP contribution in [0.3, 0.4) is 0 Å². The molecule has 1 N–H and O–H groups in total. The fourth-order valence-corrected chi connectivity index (χ4v) is 4.15. The second-order valence-corrected chi connectivity index (χ2v) is 8.54. The number of fused-ring (bicyclic) bond motifs is 2. The first-order chi connectivity index (χ1) is 15.5. The number of rotatable bonds is 4. The summed E-state index contributed by atoms with van der Waals surface area (Å²) in [6.45, 7) is 5.77. The highest BCUT2D eigenvalue weighted by Gasteiger charge is 2.23. The molecule has 7 heteroatoms. The van der Waals surface area contributed by atoms with Gasteiger partial charge in [0, 0.05) is 49.6 Å². The fourth-order valence-electron chi connectivity index (χ4n) is 4.15. The number of hydrogen-bond donors (Lipinski definition) is 1. The summed E-state index contributed by atoms with van der Waals surface area (Å²) in [5.74, 6) is 0.864. The van der Waals surface area contributed by atoms with E-state index < -0.39 is 0 Å². The van der Waals surface area contributed by atoms with Gasteiger partial charge < -0.3 is 9.40 Å². The third kappa shape index (κ3) is 3.76. The van der Waals surface area contributed by atoms with E-state index in [1.807, 2.05) is 30.3 Å². The minimum atomic E-state index is -0.148. The molecular formula is C25H24N4O3. The summed E-state index contributed by atoms with van der Waals surface area (Å²) in [6, 6.07) is 9.47. The van der Waals surface area contributed by atoms with Gasteiger partial charge in [0.15, 0.2) is 5.43 Å². The number of pyridine rings is 1. The van der Waals surface area contributed by atoms with E-state index in [1.54, 1.807) is 18.7 Å². The van der Waals surface area contributed by atoms with Crippen LogP contribution in [-0.2, 0) is 19.5 Å². The number of benzene rings is 1. The average Bonchev–Trinajstić information content (AvgIpc) is 2.81. The number of hydrogen-bond acceptors (Lipinski definition) is 6. The fraction of sp³-hybridized carbons (Fsp3) is 0.280. The predicted octanol–water partition coefficient (Wildman–Crippen LogP) is 3.62. The smallest absolute Gasteiger partial charge is 0.255 e. The van der Waals surface area contributed by atoms with Crippen LogP contribution in [0, 0.1) is 0 Å². The van der Waals surface area contributed by atoms with Crippen molar-refractivity contribution in [2.75, 3.05) is 6.54 Å². The summed E-state index contributed by atoms with van der Waals surface area (Å²) in [5.41, 5.74) is 4.37. The van der Waals surface area contributed by atoms with Crippen molar-refractivity contribution >= 4 is 11.0 Å². The maximum atomic E-state index is 13.1. The van der Waals surface area contributed by atoms with Crippen molar-refractivity contribution in [1.82, 2.24) is 19.9 Å². The van der Waals surface area contributed by atoms with E-state index in [2.05, 4.69) is 33.7 Å². The Kier molecular flexibility index (Phi) is 5.19. The van der Waals surface area contributed by atoms with E-state index in [1.165, 1.54) is 0 Å². The van der Waals surface area contributed by atoms with Gasteiger partial charge in [-0.05, 0) is 35.7 Å². The molecule has 0 aliphatic carbocycles. The molecule has 0 fully saturated rings. The molecule has 162 valence electrons. The molecule has 4 aromatic rings. The van der Waals surface area contributed by atoms with Gasteiger partial charge in [0.25, 0.3) is 5.56 Å².